The van der Waals surface area contributed by atoms with Crippen LogP contribution >= 0.6 is 0 Å². The van der Waals surface area contributed by atoms with Crippen molar-refractivity contribution >= 4 is 0 Å². The van der Waals surface area contributed by atoms with E-state index in [1.807, 2.05) is 54.6 Å². The van der Waals surface area contributed by atoms with E-state index < -0.39 is 11.6 Å². The van der Waals surface area contributed by atoms with Crippen molar-refractivity contribution in [2.24, 2.45) is 11.8 Å². The van der Waals surface area contributed by atoms with Crippen LogP contribution in [-0.2, 0) is 0 Å². The van der Waals surface area contributed by atoms with Gasteiger partial charge in [0.1, 0.15) is 11.6 Å². The molecule has 3 unspecified atom stereocenters. The first-order chi connectivity index (χ1) is 15.1. The summed E-state index contributed by atoms with van der Waals surface area (Å²) in [7, 11) is 0. The summed E-state index contributed by atoms with van der Waals surface area (Å²) in [4.78, 5) is 0. The number of hydrogen-bond acceptors (Lipinski definition) is 0. The van der Waals surface area contributed by atoms with E-state index >= 15 is 8.78 Å². The highest BCUT2D eigenvalue weighted by molar-refractivity contribution is 5.71. The van der Waals surface area contributed by atoms with E-state index in [9.17, 15) is 0 Å². The SMILES string of the molecule is CCC1CCCCC1C(CC)c1cc(F)c(-c2ccc(-c3ccccc3)cc2)c(F)c1. The molecule has 1 fully saturated rings. The Morgan fingerprint density at radius 3 is 1.97 bits per heavy atom. The Bertz CT molecular complexity index is 968. The Kier molecular flexibility index (Phi) is 6.85. The molecule has 0 aromatic heterocycles. The second-order valence-corrected chi connectivity index (χ2v) is 8.93. The van der Waals surface area contributed by atoms with Gasteiger partial charge in [-0.25, -0.2) is 8.78 Å². The van der Waals surface area contributed by atoms with Crippen molar-refractivity contribution in [1.82, 2.24) is 0 Å². The van der Waals surface area contributed by atoms with Crippen molar-refractivity contribution in [1.29, 1.82) is 0 Å². The van der Waals surface area contributed by atoms with Crippen LogP contribution in [0.3, 0.4) is 0 Å². The van der Waals surface area contributed by atoms with Crippen LogP contribution in [0.4, 0.5) is 8.78 Å². The molecule has 0 nitrogen and oxygen atoms in total. The van der Waals surface area contributed by atoms with Gasteiger partial charge in [-0.05, 0) is 65.0 Å². The third-order valence-electron chi connectivity index (χ3n) is 7.22. The number of halogens is 2. The molecule has 3 aromatic carbocycles. The van der Waals surface area contributed by atoms with Gasteiger partial charge >= 0.3 is 0 Å². The predicted molar refractivity (Wildman–Crippen MR) is 126 cm³/mol. The Morgan fingerprint density at radius 2 is 1.35 bits per heavy atom. The van der Waals surface area contributed by atoms with Gasteiger partial charge in [0, 0.05) is 0 Å². The second kappa shape index (κ2) is 9.77. The number of hydrogen-bond donors (Lipinski definition) is 0. The predicted octanol–water partition coefficient (Wildman–Crippen LogP) is 9.01. The van der Waals surface area contributed by atoms with Crippen molar-refractivity contribution < 1.29 is 8.78 Å². The Hall–Kier alpha value is -2.48. The zero-order valence-electron chi connectivity index (χ0n) is 18.6. The highest BCUT2D eigenvalue weighted by Gasteiger charge is 2.31. The van der Waals surface area contributed by atoms with Crippen molar-refractivity contribution in [3.8, 4) is 22.3 Å². The maximum atomic E-state index is 15.2. The molecule has 0 heterocycles. The molecule has 31 heavy (non-hydrogen) atoms. The molecular formula is C29H32F2. The first kappa shape index (κ1) is 21.7. The zero-order valence-corrected chi connectivity index (χ0v) is 18.6. The van der Waals surface area contributed by atoms with Gasteiger partial charge < -0.3 is 0 Å². The van der Waals surface area contributed by atoms with Crippen molar-refractivity contribution in [3.63, 3.8) is 0 Å². The third-order valence-corrected chi connectivity index (χ3v) is 7.22. The maximum Gasteiger partial charge on any atom is 0.134 e. The lowest BCUT2D eigenvalue weighted by Crippen LogP contribution is -2.25. The van der Waals surface area contributed by atoms with Gasteiger partial charge in [-0.2, -0.15) is 0 Å². The van der Waals surface area contributed by atoms with Crippen LogP contribution in [0.1, 0.15) is 63.9 Å². The van der Waals surface area contributed by atoms with Crippen molar-refractivity contribution in [2.45, 2.75) is 58.3 Å². The van der Waals surface area contributed by atoms with Gasteiger partial charge in [0.15, 0.2) is 0 Å². The lowest BCUT2D eigenvalue weighted by atomic mass is 9.68. The minimum atomic E-state index is -0.454. The van der Waals surface area contributed by atoms with Crippen LogP contribution < -0.4 is 0 Å². The van der Waals surface area contributed by atoms with Gasteiger partial charge in [-0.1, -0.05) is 94.1 Å². The smallest absolute Gasteiger partial charge is 0.134 e. The lowest BCUT2D eigenvalue weighted by Gasteiger charge is -2.37. The summed E-state index contributed by atoms with van der Waals surface area (Å²) in [5, 5.41) is 0. The fourth-order valence-electron chi connectivity index (χ4n) is 5.60. The highest BCUT2D eigenvalue weighted by Crippen LogP contribution is 2.44. The molecule has 0 saturated heterocycles. The topological polar surface area (TPSA) is 0 Å². The second-order valence-electron chi connectivity index (χ2n) is 8.93. The maximum absolute atomic E-state index is 15.2. The summed E-state index contributed by atoms with van der Waals surface area (Å²) in [6.07, 6.45) is 7.00. The lowest BCUT2D eigenvalue weighted by molar-refractivity contribution is 0.191. The van der Waals surface area contributed by atoms with E-state index in [1.165, 1.54) is 25.7 Å². The van der Waals surface area contributed by atoms with Crippen LogP contribution in [0, 0.1) is 23.5 Å². The summed E-state index contributed by atoms with van der Waals surface area (Å²) >= 11 is 0. The molecular weight excluding hydrogens is 386 g/mol. The van der Waals surface area contributed by atoms with Gasteiger partial charge in [0.05, 0.1) is 5.56 Å². The molecule has 0 aliphatic heterocycles. The van der Waals surface area contributed by atoms with Crippen LogP contribution in [0.5, 0.6) is 0 Å². The number of rotatable bonds is 6. The van der Waals surface area contributed by atoms with E-state index in [-0.39, 0.29) is 11.5 Å². The minimum Gasteiger partial charge on any atom is -0.206 e. The Labute approximate surface area is 185 Å². The molecule has 2 heteroatoms. The molecule has 0 amide bonds. The average Bonchev–Trinajstić information content (AvgIpc) is 2.80. The van der Waals surface area contributed by atoms with E-state index in [0.717, 1.165) is 29.5 Å². The minimum absolute atomic E-state index is 0.0777. The molecule has 1 saturated carbocycles. The monoisotopic (exact) mass is 418 g/mol. The summed E-state index contributed by atoms with van der Waals surface area (Å²) in [6, 6.07) is 20.7. The zero-order chi connectivity index (χ0) is 21.8. The molecule has 0 N–H and O–H groups in total. The molecule has 162 valence electrons. The quantitative estimate of drug-likeness (QED) is 0.374. The molecule has 0 radical (unpaired) electrons. The summed E-state index contributed by atoms with van der Waals surface area (Å²) in [6.45, 7) is 4.40. The highest BCUT2D eigenvalue weighted by atomic mass is 19.1. The largest absolute Gasteiger partial charge is 0.206 e. The molecule has 0 spiro atoms. The summed E-state index contributed by atoms with van der Waals surface area (Å²) in [5.41, 5.74) is 3.62. The fraction of sp³-hybridized carbons (Fsp3) is 0.379. The molecule has 1 aliphatic rings. The first-order valence-corrected chi connectivity index (χ1v) is 11.8. The average molecular weight is 419 g/mol. The van der Waals surface area contributed by atoms with Crippen molar-refractivity contribution in [2.75, 3.05) is 0 Å². The molecule has 3 aromatic rings. The standard InChI is InChI=1S/C29H32F2/c1-3-20-10-8-9-13-26(20)25(4-2)24-18-27(30)29(28(31)19-24)23-16-14-22(15-17-23)21-11-6-5-7-12-21/h5-7,11-12,14-20,25-26H,3-4,8-10,13H2,1-2H3. The first-order valence-electron chi connectivity index (χ1n) is 11.8. The van der Waals surface area contributed by atoms with E-state index in [1.54, 1.807) is 12.1 Å². The molecule has 4 rings (SSSR count). The van der Waals surface area contributed by atoms with E-state index in [2.05, 4.69) is 13.8 Å². The normalized spacial score (nSPS) is 19.9. The van der Waals surface area contributed by atoms with Crippen LogP contribution in [0.15, 0.2) is 66.7 Å². The third kappa shape index (κ3) is 4.59. The molecule has 0 bridgehead atoms. The van der Waals surface area contributed by atoms with Gasteiger partial charge in [-0.15, -0.1) is 0 Å². The summed E-state index contributed by atoms with van der Waals surface area (Å²) < 4.78 is 30.4. The number of benzene rings is 3. The van der Waals surface area contributed by atoms with E-state index in [0.29, 0.717) is 17.4 Å². The van der Waals surface area contributed by atoms with Crippen molar-refractivity contribution in [3.05, 3.63) is 83.9 Å². The molecule has 3 atom stereocenters. The van der Waals surface area contributed by atoms with Gasteiger partial charge in [0.2, 0.25) is 0 Å². The van der Waals surface area contributed by atoms with Gasteiger partial charge in [-0.3, -0.25) is 0 Å². The van der Waals surface area contributed by atoms with Crippen LogP contribution in [-0.4, -0.2) is 0 Å². The summed E-state index contributed by atoms with van der Waals surface area (Å²) in [5.74, 6) is 0.506. The molecule has 1 aliphatic carbocycles. The Morgan fingerprint density at radius 1 is 0.774 bits per heavy atom. The van der Waals surface area contributed by atoms with Gasteiger partial charge in [0.25, 0.3) is 0 Å². The van der Waals surface area contributed by atoms with Crippen LogP contribution in [0.25, 0.3) is 22.3 Å². The van der Waals surface area contributed by atoms with E-state index in [4.69, 9.17) is 0 Å². The Balaban J connectivity index is 1.64. The van der Waals surface area contributed by atoms with Crippen LogP contribution in [0.2, 0.25) is 0 Å². The fourth-order valence-corrected chi connectivity index (χ4v) is 5.60.